The highest BCUT2D eigenvalue weighted by molar-refractivity contribution is 14.0. The molecule has 0 amide bonds. The van der Waals surface area contributed by atoms with E-state index in [1.807, 2.05) is 25.2 Å². The van der Waals surface area contributed by atoms with Gasteiger partial charge in [0.25, 0.3) is 0 Å². The summed E-state index contributed by atoms with van der Waals surface area (Å²) in [6, 6.07) is 14.7. The number of aliphatic imine (C=N–C) groups is 1. The first-order chi connectivity index (χ1) is 15.6. The standard InChI is InChI=1S/C25H36N4O3.HI/c1-26-25(27-11-6-8-19-7-5-9-22(13-19)30-2)28-21-10-12-29(18-21)17-20-14-23(31-3)16-24(15-20)32-4;/h5,7,9,13-16,21H,6,8,10-12,17-18H2,1-4H3,(H2,26,27,28);1H. The molecule has 0 aliphatic carbocycles. The minimum Gasteiger partial charge on any atom is -0.497 e. The Bertz CT molecular complexity index is 871. The maximum Gasteiger partial charge on any atom is 0.191 e. The first-order valence-electron chi connectivity index (χ1n) is 11.2. The average molecular weight is 569 g/mol. The topological polar surface area (TPSA) is 67.4 Å². The van der Waals surface area contributed by atoms with Crippen molar-refractivity contribution in [3.63, 3.8) is 0 Å². The molecule has 1 heterocycles. The predicted molar refractivity (Wildman–Crippen MR) is 144 cm³/mol. The number of guanidine groups is 1. The number of rotatable bonds is 10. The van der Waals surface area contributed by atoms with Crippen molar-refractivity contribution in [1.82, 2.24) is 15.5 Å². The van der Waals surface area contributed by atoms with Crippen LogP contribution < -0.4 is 24.8 Å². The van der Waals surface area contributed by atoms with Gasteiger partial charge >= 0.3 is 0 Å². The maximum absolute atomic E-state index is 5.40. The zero-order valence-electron chi connectivity index (χ0n) is 20.1. The van der Waals surface area contributed by atoms with Crippen LogP contribution in [0.5, 0.6) is 17.2 Å². The number of likely N-dealkylation sites (tertiary alicyclic amines) is 1. The Morgan fingerprint density at radius 3 is 2.36 bits per heavy atom. The number of aryl methyl sites for hydroxylation is 1. The van der Waals surface area contributed by atoms with Crippen LogP contribution in [0.1, 0.15) is 24.0 Å². The second-order valence-corrected chi connectivity index (χ2v) is 8.04. The first kappa shape index (κ1) is 27.0. The van der Waals surface area contributed by atoms with E-state index in [4.69, 9.17) is 14.2 Å². The molecule has 7 nitrogen and oxygen atoms in total. The van der Waals surface area contributed by atoms with Crippen LogP contribution in [-0.2, 0) is 13.0 Å². The highest BCUT2D eigenvalue weighted by atomic mass is 127. The third-order valence-corrected chi connectivity index (χ3v) is 5.72. The highest BCUT2D eigenvalue weighted by Crippen LogP contribution is 2.24. The summed E-state index contributed by atoms with van der Waals surface area (Å²) >= 11 is 0. The molecule has 182 valence electrons. The molecule has 8 heteroatoms. The Labute approximate surface area is 214 Å². The molecule has 0 saturated carbocycles. The molecule has 0 bridgehead atoms. The summed E-state index contributed by atoms with van der Waals surface area (Å²) in [7, 11) is 6.90. The molecular formula is C25H37IN4O3. The zero-order valence-corrected chi connectivity index (χ0v) is 22.4. The molecule has 1 fully saturated rings. The molecule has 3 rings (SSSR count). The Morgan fingerprint density at radius 2 is 1.70 bits per heavy atom. The fourth-order valence-corrected chi connectivity index (χ4v) is 4.03. The minimum atomic E-state index is 0. The largest absolute Gasteiger partial charge is 0.497 e. The van der Waals surface area contributed by atoms with Gasteiger partial charge in [-0.05, 0) is 54.7 Å². The molecule has 2 aromatic rings. The molecule has 1 unspecified atom stereocenters. The summed E-state index contributed by atoms with van der Waals surface area (Å²) in [6.45, 7) is 3.77. The van der Waals surface area contributed by atoms with Gasteiger partial charge in [-0.25, -0.2) is 0 Å². The van der Waals surface area contributed by atoms with Gasteiger partial charge in [-0.3, -0.25) is 9.89 Å². The number of nitrogens with zero attached hydrogens (tertiary/aromatic N) is 2. The van der Waals surface area contributed by atoms with Gasteiger partial charge in [-0.2, -0.15) is 0 Å². The van der Waals surface area contributed by atoms with E-state index >= 15 is 0 Å². The van der Waals surface area contributed by atoms with Crippen LogP contribution in [0.25, 0.3) is 0 Å². The lowest BCUT2D eigenvalue weighted by molar-refractivity contribution is 0.321. The van der Waals surface area contributed by atoms with Crippen LogP contribution in [0.3, 0.4) is 0 Å². The van der Waals surface area contributed by atoms with Gasteiger partial charge < -0.3 is 24.8 Å². The molecule has 2 N–H and O–H groups in total. The van der Waals surface area contributed by atoms with E-state index in [0.29, 0.717) is 6.04 Å². The fourth-order valence-electron chi connectivity index (χ4n) is 4.03. The van der Waals surface area contributed by atoms with Gasteiger partial charge in [0.2, 0.25) is 0 Å². The van der Waals surface area contributed by atoms with Crippen molar-refractivity contribution in [2.24, 2.45) is 4.99 Å². The normalized spacial score (nSPS) is 16.1. The van der Waals surface area contributed by atoms with Gasteiger partial charge in [0.1, 0.15) is 17.2 Å². The summed E-state index contributed by atoms with van der Waals surface area (Å²) in [6.07, 6.45) is 3.12. The highest BCUT2D eigenvalue weighted by Gasteiger charge is 2.23. The number of nitrogens with one attached hydrogen (secondary N) is 2. The number of ether oxygens (including phenoxy) is 3. The molecule has 1 aliphatic heterocycles. The lowest BCUT2D eigenvalue weighted by Gasteiger charge is -2.19. The van der Waals surface area contributed by atoms with Crippen LogP contribution in [0, 0.1) is 0 Å². The summed E-state index contributed by atoms with van der Waals surface area (Å²) in [5, 5.41) is 7.02. The van der Waals surface area contributed by atoms with Crippen molar-refractivity contribution in [3.8, 4) is 17.2 Å². The SMILES string of the molecule is CN=C(NCCCc1cccc(OC)c1)NC1CCN(Cc2cc(OC)cc(OC)c2)C1.I. The van der Waals surface area contributed by atoms with Crippen LogP contribution in [0.15, 0.2) is 47.5 Å². The van der Waals surface area contributed by atoms with Gasteiger partial charge in [0.05, 0.1) is 21.3 Å². The van der Waals surface area contributed by atoms with E-state index in [9.17, 15) is 0 Å². The van der Waals surface area contributed by atoms with E-state index < -0.39 is 0 Å². The minimum absolute atomic E-state index is 0. The number of benzene rings is 2. The van der Waals surface area contributed by atoms with Gasteiger partial charge in [-0.1, -0.05) is 12.1 Å². The fraction of sp³-hybridized carbons (Fsp3) is 0.480. The second kappa shape index (κ2) is 14.1. The number of hydrogen-bond acceptors (Lipinski definition) is 5. The average Bonchev–Trinajstić information content (AvgIpc) is 3.27. The van der Waals surface area contributed by atoms with E-state index in [1.54, 1.807) is 21.3 Å². The monoisotopic (exact) mass is 568 g/mol. The van der Waals surface area contributed by atoms with Crippen LogP contribution in [-0.4, -0.2) is 64.9 Å². The number of methoxy groups -OCH3 is 3. The number of halogens is 1. The van der Waals surface area contributed by atoms with Crippen molar-refractivity contribution >= 4 is 29.9 Å². The lowest BCUT2D eigenvalue weighted by Crippen LogP contribution is -2.44. The molecule has 2 aromatic carbocycles. The zero-order chi connectivity index (χ0) is 22.8. The molecule has 1 saturated heterocycles. The Kier molecular flexibility index (Phi) is 11.6. The molecule has 1 atom stereocenters. The van der Waals surface area contributed by atoms with Crippen molar-refractivity contribution in [1.29, 1.82) is 0 Å². The van der Waals surface area contributed by atoms with Crippen molar-refractivity contribution in [3.05, 3.63) is 53.6 Å². The molecule has 1 aliphatic rings. The Hall–Kier alpha value is -2.20. The summed E-state index contributed by atoms with van der Waals surface area (Å²) in [5.41, 5.74) is 2.48. The predicted octanol–water partition coefficient (Wildman–Crippen LogP) is 3.70. The second-order valence-electron chi connectivity index (χ2n) is 8.04. The molecule has 0 aromatic heterocycles. The van der Waals surface area contributed by atoms with E-state index in [2.05, 4.69) is 44.8 Å². The van der Waals surface area contributed by atoms with Crippen molar-refractivity contribution in [2.75, 3.05) is 48.0 Å². The van der Waals surface area contributed by atoms with Gasteiger partial charge in [0.15, 0.2) is 5.96 Å². The van der Waals surface area contributed by atoms with Gasteiger partial charge in [-0.15, -0.1) is 24.0 Å². The quantitative estimate of drug-likeness (QED) is 0.197. The lowest BCUT2D eigenvalue weighted by atomic mass is 10.1. The van der Waals surface area contributed by atoms with Crippen LogP contribution >= 0.6 is 24.0 Å². The van der Waals surface area contributed by atoms with Crippen molar-refractivity contribution < 1.29 is 14.2 Å². The summed E-state index contributed by atoms with van der Waals surface area (Å²) in [5.74, 6) is 3.43. The summed E-state index contributed by atoms with van der Waals surface area (Å²) < 4.78 is 16.1. The molecule has 33 heavy (non-hydrogen) atoms. The van der Waals surface area contributed by atoms with Crippen molar-refractivity contribution in [2.45, 2.75) is 31.8 Å². The first-order valence-corrected chi connectivity index (χ1v) is 11.2. The third-order valence-electron chi connectivity index (χ3n) is 5.72. The third kappa shape index (κ3) is 8.58. The Morgan fingerprint density at radius 1 is 1.00 bits per heavy atom. The van der Waals surface area contributed by atoms with E-state index in [1.165, 1.54) is 11.1 Å². The van der Waals surface area contributed by atoms with E-state index in [0.717, 1.165) is 68.6 Å². The molecule has 0 radical (unpaired) electrons. The van der Waals surface area contributed by atoms with Crippen LogP contribution in [0.2, 0.25) is 0 Å². The smallest absolute Gasteiger partial charge is 0.191 e. The van der Waals surface area contributed by atoms with Crippen LogP contribution in [0.4, 0.5) is 0 Å². The number of hydrogen-bond donors (Lipinski definition) is 2. The maximum atomic E-state index is 5.40. The Balaban J connectivity index is 0.00000385. The molecule has 0 spiro atoms. The molecular weight excluding hydrogens is 531 g/mol. The van der Waals surface area contributed by atoms with E-state index in [-0.39, 0.29) is 24.0 Å². The summed E-state index contributed by atoms with van der Waals surface area (Å²) in [4.78, 5) is 6.85. The van der Waals surface area contributed by atoms with Gasteiger partial charge in [0, 0.05) is 45.3 Å².